The highest BCUT2D eigenvalue weighted by Crippen LogP contribution is 2.24. The molecule has 4 bridgehead atoms. The molecule has 2 aromatic carbocycles. The van der Waals surface area contributed by atoms with Crippen molar-refractivity contribution in [3.05, 3.63) is 64.2 Å². The van der Waals surface area contributed by atoms with Crippen LogP contribution in [-0.2, 0) is 25.7 Å². The van der Waals surface area contributed by atoms with E-state index in [0.717, 1.165) is 54.2 Å². The summed E-state index contributed by atoms with van der Waals surface area (Å²) in [5.74, 6) is 0.375. The summed E-state index contributed by atoms with van der Waals surface area (Å²) in [6, 6.07) is 12.1. The normalized spacial score (nSPS) is 13.9. The molecule has 2 aromatic rings. The third-order valence-electron chi connectivity index (χ3n) is 3.85. The summed E-state index contributed by atoms with van der Waals surface area (Å²) < 4.78 is 0. The molecule has 0 aliphatic heterocycles. The molecule has 0 atom stereocenters. The van der Waals surface area contributed by atoms with E-state index in [0.29, 0.717) is 5.75 Å². The molecule has 4 aliphatic carbocycles. The topological polar surface area (TPSA) is 37.3 Å². The number of aryl methyl sites for hydroxylation is 4. The lowest BCUT2D eigenvalue weighted by Crippen LogP contribution is -2.01. The van der Waals surface area contributed by atoms with Crippen LogP contribution in [0.3, 0.4) is 0 Å². The number of aromatic hydroxyl groups is 1. The van der Waals surface area contributed by atoms with Gasteiger partial charge < -0.3 is 5.11 Å². The van der Waals surface area contributed by atoms with Crippen LogP contribution in [0.2, 0.25) is 0 Å². The zero-order valence-electron chi connectivity index (χ0n) is 10.7. The Kier molecular flexibility index (Phi) is 3.08. The van der Waals surface area contributed by atoms with E-state index in [1.165, 1.54) is 5.56 Å². The maximum Gasteiger partial charge on any atom is 0.150 e. The number of hydrogen-bond acceptors (Lipinski definition) is 2. The summed E-state index contributed by atoms with van der Waals surface area (Å²) in [6.07, 6.45) is 4.24. The molecule has 6 rings (SSSR count). The van der Waals surface area contributed by atoms with Gasteiger partial charge in [0.25, 0.3) is 0 Å². The van der Waals surface area contributed by atoms with Gasteiger partial charge in [-0.1, -0.05) is 24.3 Å². The van der Waals surface area contributed by atoms with Gasteiger partial charge in [-0.25, -0.2) is 0 Å². The average Bonchev–Trinajstić information content (AvgIpc) is 2.42. The molecule has 0 unspecified atom stereocenters. The van der Waals surface area contributed by atoms with Crippen LogP contribution in [0.5, 0.6) is 5.75 Å². The monoisotopic (exact) mass is 252 g/mol. The highest BCUT2D eigenvalue weighted by Gasteiger charge is 2.09. The third-order valence-corrected chi connectivity index (χ3v) is 3.85. The Balaban J connectivity index is 2.05. The van der Waals surface area contributed by atoms with Gasteiger partial charge in [0.2, 0.25) is 0 Å². The van der Waals surface area contributed by atoms with Gasteiger partial charge >= 0.3 is 0 Å². The minimum Gasteiger partial charge on any atom is -0.508 e. The molecular weight excluding hydrogens is 236 g/mol. The Morgan fingerprint density at radius 1 is 0.842 bits per heavy atom. The highest BCUT2D eigenvalue weighted by atomic mass is 16.3. The molecule has 1 N–H and O–H groups in total. The van der Waals surface area contributed by atoms with Crippen LogP contribution >= 0.6 is 0 Å². The largest absolute Gasteiger partial charge is 0.508 e. The molecule has 96 valence electrons. The first-order valence-corrected chi connectivity index (χ1v) is 6.64. The molecule has 0 aromatic heterocycles. The van der Waals surface area contributed by atoms with Crippen LogP contribution in [0.25, 0.3) is 0 Å². The van der Waals surface area contributed by atoms with Gasteiger partial charge in [0.15, 0.2) is 0 Å². The molecule has 0 saturated heterocycles. The van der Waals surface area contributed by atoms with Gasteiger partial charge in [-0.15, -0.1) is 0 Å². The summed E-state index contributed by atoms with van der Waals surface area (Å²) in [4.78, 5) is 11.2. The van der Waals surface area contributed by atoms with Gasteiger partial charge in [-0.3, -0.25) is 4.79 Å². The van der Waals surface area contributed by atoms with Crippen molar-refractivity contribution in [3.8, 4) is 5.75 Å². The molecule has 2 heteroatoms. The van der Waals surface area contributed by atoms with Gasteiger partial charge in [0.05, 0.1) is 0 Å². The van der Waals surface area contributed by atoms with Gasteiger partial charge in [0, 0.05) is 5.56 Å². The average molecular weight is 252 g/mol. The van der Waals surface area contributed by atoms with Crippen molar-refractivity contribution in [2.24, 2.45) is 0 Å². The lowest BCUT2D eigenvalue weighted by atomic mass is 9.93. The Morgan fingerprint density at radius 2 is 1.47 bits per heavy atom. The van der Waals surface area contributed by atoms with Crippen LogP contribution in [0.4, 0.5) is 0 Å². The van der Waals surface area contributed by atoms with Crippen LogP contribution in [0.15, 0.2) is 36.4 Å². The third kappa shape index (κ3) is 2.39. The predicted molar refractivity (Wildman–Crippen MR) is 74.8 cm³/mol. The molecule has 19 heavy (non-hydrogen) atoms. The first-order valence-electron chi connectivity index (χ1n) is 6.64. The van der Waals surface area contributed by atoms with Crippen LogP contribution in [0.1, 0.15) is 32.6 Å². The fraction of sp³-hybridized carbons (Fsp3) is 0.235. The minimum absolute atomic E-state index is 0.375. The quantitative estimate of drug-likeness (QED) is 0.792. The highest BCUT2D eigenvalue weighted by molar-refractivity contribution is 5.77. The van der Waals surface area contributed by atoms with Crippen molar-refractivity contribution in [1.29, 1.82) is 0 Å². The Hall–Kier alpha value is -2.09. The van der Waals surface area contributed by atoms with Crippen molar-refractivity contribution in [2.45, 2.75) is 25.7 Å². The van der Waals surface area contributed by atoms with E-state index in [-0.39, 0.29) is 0 Å². The van der Waals surface area contributed by atoms with Gasteiger partial charge in [-0.2, -0.15) is 0 Å². The molecule has 0 saturated carbocycles. The van der Waals surface area contributed by atoms with E-state index in [1.807, 2.05) is 24.3 Å². The van der Waals surface area contributed by atoms with E-state index in [9.17, 15) is 9.90 Å². The van der Waals surface area contributed by atoms with Crippen LogP contribution in [0, 0.1) is 0 Å². The summed E-state index contributed by atoms with van der Waals surface area (Å²) in [7, 11) is 0. The second kappa shape index (κ2) is 4.88. The first-order chi connectivity index (χ1) is 9.26. The maximum atomic E-state index is 11.2. The first kappa shape index (κ1) is 12.0. The van der Waals surface area contributed by atoms with Crippen molar-refractivity contribution < 1.29 is 9.90 Å². The molecule has 0 fully saturated rings. The smallest absolute Gasteiger partial charge is 0.150 e. The number of carbonyl (C=O) groups excluding carboxylic acids is 1. The number of rotatable bonds is 1. The Labute approximate surface area is 112 Å². The minimum atomic E-state index is 0.375. The van der Waals surface area contributed by atoms with Crippen molar-refractivity contribution in [1.82, 2.24) is 0 Å². The SMILES string of the molecule is O=Cc1cc2ccc1CCc1ccc(cc1O)CC2. The van der Waals surface area contributed by atoms with E-state index < -0.39 is 0 Å². The van der Waals surface area contributed by atoms with Crippen LogP contribution in [-0.4, -0.2) is 11.4 Å². The molecule has 4 aliphatic rings. The summed E-state index contributed by atoms with van der Waals surface area (Å²) in [5.41, 5.74) is 5.11. The predicted octanol–water partition coefficient (Wildman–Crippen LogP) is 3.09. The maximum absolute atomic E-state index is 11.2. The number of hydrogen-bond donors (Lipinski definition) is 1. The van der Waals surface area contributed by atoms with Gasteiger partial charge in [0.1, 0.15) is 12.0 Å². The van der Waals surface area contributed by atoms with E-state index in [4.69, 9.17) is 0 Å². The molecule has 0 spiro atoms. The molecule has 0 radical (unpaired) electrons. The Morgan fingerprint density at radius 3 is 2.16 bits per heavy atom. The number of benzene rings is 2. The van der Waals surface area contributed by atoms with Gasteiger partial charge in [-0.05, 0) is 60.1 Å². The van der Waals surface area contributed by atoms with Crippen molar-refractivity contribution in [3.63, 3.8) is 0 Å². The van der Waals surface area contributed by atoms with Crippen LogP contribution < -0.4 is 0 Å². The van der Waals surface area contributed by atoms with Crippen molar-refractivity contribution >= 4 is 6.29 Å². The molecule has 2 nitrogen and oxygen atoms in total. The molecule has 0 heterocycles. The Bertz CT molecular complexity index is 629. The lowest BCUT2D eigenvalue weighted by molar-refractivity contribution is 0.112. The van der Waals surface area contributed by atoms with E-state index in [2.05, 4.69) is 12.1 Å². The van der Waals surface area contributed by atoms with Crippen molar-refractivity contribution in [2.75, 3.05) is 0 Å². The second-order valence-corrected chi connectivity index (χ2v) is 5.11. The second-order valence-electron chi connectivity index (χ2n) is 5.11. The number of phenolic OH excluding ortho intramolecular Hbond substituents is 1. The van der Waals surface area contributed by atoms with E-state index >= 15 is 0 Å². The summed E-state index contributed by atoms with van der Waals surface area (Å²) in [6.45, 7) is 0. The lowest BCUT2D eigenvalue weighted by Gasteiger charge is -2.12. The zero-order chi connectivity index (χ0) is 13.2. The fourth-order valence-corrected chi connectivity index (χ4v) is 2.67. The number of phenols is 1. The summed E-state index contributed by atoms with van der Waals surface area (Å²) in [5, 5.41) is 10.0. The van der Waals surface area contributed by atoms with E-state index in [1.54, 1.807) is 0 Å². The fourth-order valence-electron chi connectivity index (χ4n) is 2.67. The summed E-state index contributed by atoms with van der Waals surface area (Å²) >= 11 is 0. The number of carbonyl (C=O) groups is 1. The molecule has 0 amide bonds. The zero-order valence-corrected chi connectivity index (χ0v) is 10.7. The standard InChI is InChI=1S/C17H16O2/c18-11-16-9-12-1-2-13-4-6-15(17(19)10-13)8-7-14(16)5-3-12/h3-6,9-11,19H,1-2,7-8H2. The number of aldehydes is 1. The molecular formula is C17H16O2.